The number of ether oxygens (including phenoxy) is 1. The lowest BCUT2D eigenvalue weighted by Crippen LogP contribution is -2.41. The van der Waals surface area contributed by atoms with E-state index < -0.39 is 0 Å². The van der Waals surface area contributed by atoms with Gasteiger partial charge in [-0.05, 0) is 25.7 Å². The molecule has 1 saturated heterocycles. The molecule has 0 aliphatic carbocycles. The lowest BCUT2D eigenvalue weighted by Gasteiger charge is -2.18. The largest absolute Gasteiger partial charge is 0.364 e. The van der Waals surface area contributed by atoms with Crippen molar-refractivity contribution >= 4 is 5.91 Å². The van der Waals surface area contributed by atoms with Crippen LogP contribution >= 0.6 is 0 Å². The highest BCUT2D eigenvalue weighted by Gasteiger charge is 2.30. The van der Waals surface area contributed by atoms with Crippen molar-refractivity contribution in [3.05, 3.63) is 0 Å². The van der Waals surface area contributed by atoms with Crippen LogP contribution in [0.5, 0.6) is 0 Å². The molecule has 15 heavy (non-hydrogen) atoms. The lowest BCUT2D eigenvalue weighted by atomic mass is 10.1. The molecule has 1 aliphatic rings. The fourth-order valence-corrected chi connectivity index (χ4v) is 1.86. The fraction of sp³-hybridized carbons (Fsp3) is 0.909. The third-order valence-electron chi connectivity index (χ3n) is 2.99. The van der Waals surface area contributed by atoms with Crippen molar-refractivity contribution in [3.8, 4) is 0 Å². The minimum Gasteiger partial charge on any atom is -0.364 e. The normalized spacial score (nSPS) is 25.9. The van der Waals surface area contributed by atoms with Gasteiger partial charge in [0.15, 0.2) is 0 Å². The number of carbonyl (C=O) groups is 1. The Morgan fingerprint density at radius 1 is 1.47 bits per heavy atom. The topological polar surface area (TPSA) is 64.4 Å². The Hall–Kier alpha value is -0.610. The molecule has 4 heteroatoms. The summed E-state index contributed by atoms with van der Waals surface area (Å²) in [5, 5.41) is 3.00. The van der Waals surface area contributed by atoms with Crippen LogP contribution in [0.15, 0.2) is 0 Å². The van der Waals surface area contributed by atoms with Crippen LogP contribution in [0.2, 0.25) is 0 Å². The second-order valence-corrected chi connectivity index (χ2v) is 4.08. The van der Waals surface area contributed by atoms with Gasteiger partial charge in [-0.2, -0.15) is 0 Å². The van der Waals surface area contributed by atoms with E-state index in [0.717, 1.165) is 25.7 Å². The summed E-state index contributed by atoms with van der Waals surface area (Å²) in [5.41, 5.74) is 5.49. The molecule has 0 radical (unpaired) electrons. The second kappa shape index (κ2) is 6.08. The van der Waals surface area contributed by atoms with E-state index in [9.17, 15) is 4.79 Å². The number of nitrogens with one attached hydrogen (secondary N) is 1. The third-order valence-corrected chi connectivity index (χ3v) is 2.99. The molecule has 1 fully saturated rings. The standard InChI is InChI=1S/C11H22N2O2/c1-3-8(4-2)13-11(14)10-6-5-9(7-12)15-10/h8-10H,3-7,12H2,1-2H3,(H,13,14). The van der Waals surface area contributed by atoms with Crippen molar-refractivity contribution in [3.63, 3.8) is 0 Å². The first-order valence-corrected chi connectivity index (χ1v) is 5.87. The van der Waals surface area contributed by atoms with E-state index in [1.807, 2.05) is 0 Å². The van der Waals surface area contributed by atoms with Crippen LogP contribution in [0.4, 0.5) is 0 Å². The van der Waals surface area contributed by atoms with Gasteiger partial charge >= 0.3 is 0 Å². The van der Waals surface area contributed by atoms with Gasteiger partial charge in [0.25, 0.3) is 0 Å². The van der Waals surface area contributed by atoms with E-state index in [0.29, 0.717) is 6.54 Å². The van der Waals surface area contributed by atoms with Crippen LogP contribution in [-0.2, 0) is 9.53 Å². The predicted molar refractivity (Wildman–Crippen MR) is 59.5 cm³/mol. The van der Waals surface area contributed by atoms with Gasteiger partial charge in [-0.3, -0.25) is 4.79 Å². The maximum absolute atomic E-state index is 11.8. The summed E-state index contributed by atoms with van der Waals surface area (Å²) in [5.74, 6) is 0.0275. The summed E-state index contributed by atoms with van der Waals surface area (Å²) >= 11 is 0. The molecule has 88 valence electrons. The molecule has 0 aromatic rings. The van der Waals surface area contributed by atoms with Crippen molar-refractivity contribution in [2.75, 3.05) is 6.54 Å². The van der Waals surface area contributed by atoms with E-state index in [4.69, 9.17) is 10.5 Å². The second-order valence-electron chi connectivity index (χ2n) is 4.08. The van der Waals surface area contributed by atoms with E-state index >= 15 is 0 Å². The molecule has 0 aromatic carbocycles. The van der Waals surface area contributed by atoms with Gasteiger partial charge in [-0.1, -0.05) is 13.8 Å². The molecule has 1 rings (SSSR count). The Morgan fingerprint density at radius 2 is 2.13 bits per heavy atom. The van der Waals surface area contributed by atoms with Crippen molar-refractivity contribution in [1.29, 1.82) is 0 Å². The van der Waals surface area contributed by atoms with Gasteiger partial charge in [0.1, 0.15) is 6.10 Å². The molecule has 2 unspecified atom stereocenters. The van der Waals surface area contributed by atoms with Crippen LogP contribution in [-0.4, -0.2) is 30.7 Å². The van der Waals surface area contributed by atoms with Crippen LogP contribution in [0.1, 0.15) is 39.5 Å². The van der Waals surface area contributed by atoms with E-state index in [2.05, 4.69) is 19.2 Å². The first-order chi connectivity index (χ1) is 7.21. The molecule has 0 spiro atoms. The number of carbonyl (C=O) groups excluding carboxylic acids is 1. The quantitative estimate of drug-likeness (QED) is 0.711. The molecular weight excluding hydrogens is 192 g/mol. The van der Waals surface area contributed by atoms with Crippen LogP contribution in [0.3, 0.4) is 0 Å². The van der Waals surface area contributed by atoms with Gasteiger partial charge < -0.3 is 15.8 Å². The van der Waals surface area contributed by atoms with E-state index in [1.54, 1.807) is 0 Å². The van der Waals surface area contributed by atoms with Gasteiger partial charge in [0.2, 0.25) is 5.91 Å². The predicted octanol–water partition coefficient (Wildman–Crippen LogP) is 0.797. The molecule has 4 nitrogen and oxygen atoms in total. The molecule has 3 N–H and O–H groups in total. The number of hydrogen-bond acceptors (Lipinski definition) is 3. The molecular formula is C11H22N2O2. The zero-order valence-corrected chi connectivity index (χ0v) is 9.66. The molecule has 0 bridgehead atoms. The van der Waals surface area contributed by atoms with Crippen LogP contribution in [0, 0.1) is 0 Å². The van der Waals surface area contributed by atoms with Crippen molar-refractivity contribution in [1.82, 2.24) is 5.32 Å². The number of amides is 1. The summed E-state index contributed by atoms with van der Waals surface area (Å²) in [6.45, 7) is 4.66. The zero-order valence-electron chi connectivity index (χ0n) is 9.66. The first-order valence-electron chi connectivity index (χ1n) is 5.87. The number of nitrogens with two attached hydrogens (primary N) is 1. The minimum atomic E-state index is -0.279. The molecule has 1 amide bonds. The first kappa shape index (κ1) is 12.5. The van der Waals surface area contributed by atoms with Crippen molar-refractivity contribution < 1.29 is 9.53 Å². The minimum absolute atomic E-state index is 0.0275. The maximum Gasteiger partial charge on any atom is 0.249 e. The SMILES string of the molecule is CCC(CC)NC(=O)C1CCC(CN)O1. The zero-order chi connectivity index (χ0) is 11.3. The highest BCUT2D eigenvalue weighted by atomic mass is 16.5. The maximum atomic E-state index is 11.8. The molecule has 2 atom stereocenters. The molecule has 0 aromatic heterocycles. The Labute approximate surface area is 91.5 Å². The van der Waals surface area contributed by atoms with Crippen LogP contribution in [0.25, 0.3) is 0 Å². The number of rotatable bonds is 5. The third kappa shape index (κ3) is 3.47. The molecule has 0 saturated carbocycles. The van der Waals surface area contributed by atoms with Crippen molar-refractivity contribution in [2.24, 2.45) is 5.73 Å². The Morgan fingerprint density at radius 3 is 2.60 bits per heavy atom. The summed E-state index contributed by atoms with van der Waals surface area (Å²) in [7, 11) is 0. The smallest absolute Gasteiger partial charge is 0.249 e. The van der Waals surface area contributed by atoms with Gasteiger partial charge in [0, 0.05) is 12.6 Å². The summed E-state index contributed by atoms with van der Waals surface area (Å²) in [4.78, 5) is 11.8. The summed E-state index contributed by atoms with van der Waals surface area (Å²) in [6, 6.07) is 0.276. The monoisotopic (exact) mass is 214 g/mol. The van der Waals surface area contributed by atoms with Gasteiger partial charge in [0.05, 0.1) is 6.10 Å². The molecule has 1 aliphatic heterocycles. The Bertz CT molecular complexity index is 205. The average molecular weight is 214 g/mol. The van der Waals surface area contributed by atoms with E-state index in [1.165, 1.54) is 0 Å². The molecule has 1 heterocycles. The number of hydrogen-bond donors (Lipinski definition) is 2. The Kier molecular flexibility index (Phi) is 5.05. The average Bonchev–Trinajstić information content (AvgIpc) is 2.74. The summed E-state index contributed by atoms with van der Waals surface area (Å²) < 4.78 is 5.53. The fourth-order valence-electron chi connectivity index (χ4n) is 1.86. The van der Waals surface area contributed by atoms with Gasteiger partial charge in [-0.15, -0.1) is 0 Å². The van der Waals surface area contributed by atoms with Crippen LogP contribution < -0.4 is 11.1 Å². The highest BCUT2D eigenvalue weighted by Crippen LogP contribution is 2.19. The lowest BCUT2D eigenvalue weighted by molar-refractivity contribution is -0.132. The van der Waals surface area contributed by atoms with Crippen molar-refractivity contribution in [2.45, 2.75) is 57.8 Å². The summed E-state index contributed by atoms with van der Waals surface area (Å²) in [6.07, 6.45) is 3.43. The Balaban J connectivity index is 2.34. The van der Waals surface area contributed by atoms with E-state index in [-0.39, 0.29) is 24.2 Å². The van der Waals surface area contributed by atoms with Gasteiger partial charge in [-0.25, -0.2) is 0 Å². The highest BCUT2D eigenvalue weighted by molar-refractivity contribution is 5.81.